The molecule has 3 nitrogen and oxygen atoms in total. The molecule has 102 valence electrons. The van der Waals surface area contributed by atoms with E-state index in [-0.39, 0.29) is 17.8 Å². The topological polar surface area (TPSA) is 46.3 Å². The van der Waals surface area contributed by atoms with Crippen LogP contribution in [-0.4, -0.2) is 11.9 Å². The first kappa shape index (κ1) is 13.1. The number of halogens is 2. The van der Waals surface area contributed by atoms with Crippen LogP contribution in [0.25, 0.3) is 0 Å². The minimum atomic E-state index is -0.628. The standard InChI is InChI=1S/C15H12ClFN2O/c16-10-4-1-3-9(7-10)14-13(18)15(20)19(14)12-6-2-5-11(17)8-12/h1-8,13-14H,18H2/t13-,14-/m0/s1. The van der Waals surface area contributed by atoms with Gasteiger partial charge in [0, 0.05) is 10.7 Å². The third-order valence-electron chi connectivity index (χ3n) is 3.42. The molecule has 1 fully saturated rings. The van der Waals surface area contributed by atoms with Crippen molar-refractivity contribution >= 4 is 23.2 Å². The first-order valence-corrected chi connectivity index (χ1v) is 6.55. The number of hydrogen-bond acceptors (Lipinski definition) is 2. The summed E-state index contributed by atoms with van der Waals surface area (Å²) in [6, 6.07) is 12.1. The van der Waals surface area contributed by atoms with Gasteiger partial charge < -0.3 is 10.6 Å². The van der Waals surface area contributed by atoms with Crippen LogP contribution in [0.1, 0.15) is 11.6 Å². The van der Waals surface area contributed by atoms with Gasteiger partial charge in [0.25, 0.3) is 0 Å². The van der Waals surface area contributed by atoms with Crippen molar-refractivity contribution in [3.63, 3.8) is 0 Å². The summed E-state index contributed by atoms with van der Waals surface area (Å²) in [5.74, 6) is -0.610. The van der Waals surface area contributed by atoms with Crippen LogP contribution < -0.4 is 10.6 Å². The summed E-state index contributed by atoms with van der Waals surface area (Å²) < 4.78 is 13.3. The van der Waals surface area contributed by atoms with Crippen LogP contribution >= 0.6 is 11.6 Å². The lowest BCUT2D eigenvalue weighted by atomic mass is 9.88. The molecule has 1 aliphatic rings. The van der Waals surface area contributed by atoms with E-state index >= 15 is 0 Å². The van der Waals surface area contributed by atoms with Crippen molar-refractivity contribution < 1.29 is 9.18 Å². The van der Waals surface area contributed by atoms with Crippen LogP contribution in [0.4, 0.5) is 10.1 Å². The highest BCUT2D eigenvalue weighted by atomic mass is 35.5. The Morgan fingerprint density at radius 3 is 2.60 bits per heavy atom. The summed E-state index contributed by atoms with van der Waals surface area (Å²) in [6.45, 7) is 0. The second-order valence-electron chi connectivity index (χ2n) is 4.71. The Hall–Kier alpha value is -1.91. The van der Waals surface area contributed by atoms with Crippen molar-refractivity contribution in [3.05, 3.63) is 64.9 Å². The van der Waals surface area contributed by atoms with Gasteiger partial charge in [-0.3, -0.25) is 4.79 Å². The van der Waals surface area contributed by atoms with Gasteiger partial charge in [0.2, 0.25) is 5.91 Å². The zero-order valence-electron chi connectivity index (χ0n) is 10.5. The van der Waals surface area contributed by atoms with Gasteiger partial charge in [-0.25, -0.2) is 4.39 Å². The minimum Gasteiger partial charge on any atom is -0.318 e. The maximum Gasteiger partial charge on any atom is 0.247 e. The molecule has 1 aliphatic heterocycles. The fraction of sp³-hybridized carbons (Fsp3) is 0.133. The van der Waals surface area contributed by atoms with E-state index in [0.717, 1.165) is 5.56 Å². The Kier molecular flexibility index (Phi) is 3.20. The second-order valence-corrected chi connectivity index (χ2v) is 5.15. The smallest absolute Gasteiger partial charge is 0.247 e. The molecule has 0 spiro atoms. The average Bonchev–Trinajstić information content (AvgIpc) is 2.43. The molecule has 2 N–H and O–H groups in total. The Bertz CT molecular complexity index is 676. The summed E-state index contributed by atoms with van der Waals surface area (Å²) in [5, 5.41) is 0.577. The van der Waals surface area contributed by atoms with Crippen LogP contribution in [-0.2, 0) is 4.79 Å². The molecular weight excluding hydrogens is 279 g/mol. The molecule has 3 rings (SSSR count). The molecule has 0 aromatic heterocycles. The summed E-state index contributed by atoms with van der Waals surface area (Å²) in [6.07, 6.45) is 0. The van der Waals surface area contributed by atoms with E-state index in [1.54, 1.807) is 30.3 Å². The molecule has 1 amide bonds. The molecule has 20 heavy (non-hydrogen) atoms. The molecule has 0 unspecified atom stereocenters. The van der Waals surface area contributed by atoms with Gasteiger partial charge in [-0.05, 0) is 35.9 Å². The fourth-order valence-corrected chi connectivity index (χ4v) is 2.67. The molecule has 1 saturated heterocycles. The quantitative estimate of drug-likeness (QED) is 0.865. The number of anilines is 1. The van der Waals surface area contributed by atoms with E-state index in [1.165, 1.54) is 17.0 Å². The third kappa shape index (κ3) is 2.07. The Morgan fingerprint density at radius 1 is 1.15 bits per heavy atom. The number of hydrogen-bond donors (Lipinski definition) is 1. The van der Waals surface area contributed by atoms with Gasteiger partial charge in [-0.15, -0.1) is 0 Å². The van der Waals surface area contributed by atoms with Gasteiger partial charge in [0.05, 0.1) is 6.04 Å². The SMILES string of the molecule is N[C@@H]1C(=O)N(c2cccc(F)c2)[C@H]1c1cccc(Cl)c1. The maximum atomic E-state index is 13.3. The lowest BCUT2D eigenvalue weighted by Crippen LogP contribution is -2.63. The number of amides is 1. The molecule has 0 aliphatic carbocycles. The van der Waals surface area contributed by atoms with Gasteiger partial charge in [-0.1, -0.05) is 29.8 Å². The second kappa shape index (κ2) is 4.89. The summed E-state index contributed by atoms with van der Waals surface area (Å²) in [7, 11) is 0. The lowest BCUT2D eigenvalue weighted by Gasteiger charge is -2.45. The van der Waals surface area contributed by atoms with Crippen molar-refractivity contribution in [3.8, 4) is 0 Å². The molecule has 0 bridgehead atoms. The fourth-order valence-electron chi connectivity index (χ4n) is 2.47. The molecule has 0 radical (unpaired) electrons. The van der Waals surface area contributed by atoms with Crippen LogP contribution in [0.2, 0.25) is 5.02 Å². The minimum absolute atomic E-state index is 0.222. The summed E-state index contributed by atoms with van der Waals surface area (Å²) in [5.41, 5.74) is 7.23. The maximum absolute atomic E-state index is 13.3. The van der Waals surface area contributed by atoms with Crippen molar-refractivity contribution in [2.75, 3.05) is 4.90 Å². The molecular formula is C15H12ClFN2O. The highest BCUT2D eigenvalue weighted by Crippen LogP contribution is 2.38. The Labute approximate surface area is 120 Å². The third-order valence-corrected chi connectivity index (χ3v) is 3.65. The van der Waals surface area contributed by atoms with Crippen molar-refractivity contribution in [2.45, 2.75) is 12.1 Å². The van der Waals surface area contributed by atoms with Crippen LogP contribution in [0.3, 0.4) is 0 Å². The lowest BCUT2D eigenvalue weighted by molar-refractivity contribution is -0.126. The van der Waals surface area contributed by atoms with E-state index in [2.05, 4.69) is 0 Å². The summed E-state index contributed by atoms with van der Waals surface area (Å²) in [4.78, 5) is 13.5. The molecule has 0 saturated carbocycles. The first-order chi connectivity index (χ1) is 9.58. The predicted octanol–water partition coefficient (Wildman–Crippen LogP) is 2.89. The normalized spacial score (nSPS) is 21.8. The molecule has 2 aromatic rings. The van der Waals surface area contributed by atoms with E-state index in [4.69, 9.17) is 17.3 Å². The van der Waals surface area contributed by atoms with Crippen molar-refractivity contribution in [2.24, 2.45) is 5.73 Å². The van der Waals surface area contributed by atoms with Crippen molar-refractivity contribution in [1.82, 2.24) is 0 Å². The van der Waals surface area contributed by atoms with Gasteiger partial charge in [0.15, 0.2) is 0 Å². The van der Waals surface area contributed by atoms with E-state index in [9.17, 15) is 9.18 Å². The number of β-lactam (4-membered cyclic amide) rings is 1. The monoisotopic (exact) mass is 290 g/mol. The number of rotatable bonds is 2. The van der Waals surface area contributed by atoms with Gasteiger partial charge >= 0.3 is 0 Å². The number of nitrogens with zero attached hydrogens (tertiary/aromatic N) is 1. The Balaban J connectivity index is 2.00. The first-order valence-electron chi connectivity index (χ1n) is 6.17. The molecule has 2 aromatic carbocycles. The van der Waals surface area contributed by atoms with E-state index in [1.807, 2.05) is 6.07 Å². The van der Waals surface area contributed by atoms with Gasteiger partial charge in [0.1, 0.15) is 11.9 Å². The van der Waals surface area contributed by atoms with Crippen LogP contribution in [0.15, 0.2) is 48.5 Å². The number of carbonyl (C=O) groups is 1. The van der Waals surface area contributed by atoms with Gasteiger partial charge in [-0.2, -0.15) is 0 Å². The molecule has 5 heteroatoms. The number of nitrogens with two attached hydrogens (primary N) is 1. The average molecular weight is 291 g/mol. The van der Waals surface area contributed by atoms with E-state index < -0.39 is 6.04 Å². The van der Waals surface area contributed by atoms with E-state index in [0.29, 0.717) is 10.7 Å². The molecule has 2 atom stereocenters. The number of benzene rings is 2. The highest BCUT2D eigenvalue weighted by Gasteiger charge is 2.46. The highest BCUT2D eigenvalue weighted by molar-refractivity contribution is 6.30. The number of carbonyl (C=O) groups excluding carboxylic acids is 1. The molecule has 1 heterocycles. The predicted molar refractivity (Wildman–Crippen MR) is 76.1 cm³/mol. The largest absolute Gasteiger partial charge is 0.318 e. The van der Waals surface area contributed by atoms with Crippen LogP contribution in [0.5, 0.6) is 0 Å². The summed E-state index contributed by atoms with van der Waals surface area (Å²) >= 11 is 5.97. The zero-order valence-corrected chi connectivity index (χ0v) is 11.2. The Morgan fingerprint density at radius 2 is 1.90 bits per heavy atom. The van der Waals surface area contributed by atoms with Crippen LogP contribution in [0, 0.1) is 5.82 Å². The zero-order chi connectivity index (χ0) is 14.3. The van der Waals surface area contributed by atoms with Crippen molar-refractivity contribution in [1.29, 1.82) is 0 Å².